The quantitative estimate of drug-likeness (QED) is 0.723. The van der Waals surface area contributed by atoms with E-state index < -0.39 is 0 Å². The molecule has 0 unspecified atom stereocenters. The first-order valence-corrected chi connectivity index (χ1v) is 4.55. The minimum absolute atomic E-state index is 0.826. The third kappa shape index (κ3) is 1.19. The van der Waals surface area contributed by atoms with Crippen molar-refractivity contribution >= 4 is 5.82 Å². The number of hydrogen-bond donors (Lipinski definition) is 1. The average molecular weight is 165 g/mol. The van der Waals surface area contributed by atoms with Crippen molar-refractivity contribution in [1.82, 2.24) is 9.78 Å². The largest absolute Gasteiger partial charge is 0.384 e. The molecule has 1 aromatic heterocycles. The van der Waals surface area contributed by atoms with Crippen LogP contribution in [-0.4, -0.2) is 9.78 Å². The Morgan fingerprint density at radius 1 is 1.67 bits per heavy atom. The summed E-state index contributed by atoms with van der Waals surface area (Å²) in [5.41, 5.74) is 6.92. The molecule has 1 aromatic rings. The number of hydrogen-bond acceptors (Lipinski definition) is 2. The Balaban J connectivity index is 2.06. The van der Waals surface area contributed by atoms with Gasteiger partial charge < -0.3 is 5.73 Å². The van der Waals surface area contributed by atoms with E-state index in [0.717, 1.165) is 23.8 Å². The molecule has 3 heteroatoms. The van der Waals surface area contributed by atoms with Crippen LogP contribution in [0.1, 0.15) is 24.8 Å². The summed E-state index contributed by atoms with van der Waals surface area (Å²) in [4.78, 5) is 0. The molecule has 1 saturated carbocycles. The van der Waals surface area contributed by atoms with Crippen LogP contribution in [-0.2, 0) is 6.54 Å². The first kappa shape index (κ1) is 7.65. The fourth-order valence-corrected chi connectivity index (χ4v) is 1.55. The third-order valence-electron chi connectivity index (χ3n) is 2.73. The number of nitrogens with zero attached hydrogens (tertiary/aromatic N) is 2. The molecule has 1 heterocycles. The van der Waals surface area contributed by atoms with Gasteiger partial charge in [0.2, 0.25) is 0 Å². The molecule has 3 nitrogen and oxygen atoms in total. The summed E-state index contributed by atoms with van der Waals surface area (Å²) in [5, 5.41) is 4.23. The van der Waals surface area contributed by atoms with Crippen molar-refractivity contribution in [2.24, 2.45) is 5.92 Å². The first-order valence-electron chi connectivity index (χ1n) is 4.55. The molecule has 1 fully saturated rings. The van der Waals surface area contributed by atoms with Crippen molar-refractivity contribution in [3.63, 3.8) is 0 Å². The van der Waals surface area contributed by atoms with Crippen LogP contribution in [0.25, 0.3) is 0 Å². The molecule has 0 spiro atoms. The van der Waals surface area contributed by atoms with Crippen LogP contribution in [0.4, 0.5) is 5.82 Å². The van der Waals surface area contributed by atoms with Crippen molar-refractivity contribution < 1.29 is 0 Å². The molecule has 0 bridgehead atoms. The number of anilines is 1. The van der Waals surface area contributed by atoms with Crippen LogP contribution in [0, 0.1) is 12.8 Å². The topological polar surface area (TPSA) is 43.8 Å². The number of nitrogen functional groups attached to an aromatic ring is 1. The fraction of sp³-hybridized carbons (Fsp3) is 0.667. The van der Waals surface area contributed by atoms with Gasteiger partial charge in [0.05, 0.1) is 6.20 Å². The minimum Gasteiger partial charge on any atom is -0.384 e. The summed E-state index contributed by atoms with van der Waals surface area (Å²) in [6.07, 6.45) is 5.91. The molecule has 2 rings (SSSR count). The van der Waals surface area contributed by atoms with Gasteiger partial charge >= 0.3 is 0 Å². The van der Waals surface area contributed by atoms with Crippen molar-refractivity contribution in [1.29, 1.82) is 0 Å². The molecule has 1 aliphatic rings. The maximum absolute atomic E-state index is 5.83. The second-order valence-electron chi connectivity index (χ2n) is 3.69. The van der Waals surface area contributed by atoms with E-state index >= 15 is 0 Å². The van der Waals surface area contributed by atoms with Gasteiger partial charge in [0.25, 0.3) is 0 Å². The zero-order valence-corrected chi connectivity index (χ0v) is 7.45. The van der Waals surface area contributed by atoms with Crippen LogP contribution in [0.3, 0.4) is 0 Å². The molecule has 0 aliphatic heterocycles. The highest BCUT2D eigenvalue weighted by atomic mass is 15.3. The second-order valence-corrected chi connectivity index (χ2v) is 3.69. The molecule has 12 heavy (non-hydrogen) atoms. The third-order valence-corrected chi connectivity index (χ3v) is 2.73. The predicted octanol–water partition coefficient (Wildman–Crippen LogP) is 1.57. The van der Waals surface area contributed by atoms with Gasteiger partial charge in [0, 0.05) is 12.1 Å². The second kappa shape index (κ2) is 2.81. The van der Waals surface area contributed by atoms with E-state index in [1.165, 1.54) is 19.3 Å². The molecular formula is C9H15N3. The first-order chi connectivity index (χ1) is 5.77. The summed E-state index contributed by atoms with van der Waals surface area (Å²) in [6, 6.07) is 0. The Morgan fingerprint density at radius 3 is 2.83 bits per heavy atom. The van der Waals surface area contributed by atoms with E-state index in [-0.39, 0.29) is 0 Å². The Labute approximate surface area is 72.6 Å². The summed E-state index contributed by atoms with van der Waals surface area (Å²) in [7, 11) is 0. The summed E-state index contributed by atoms with van der Waals surface area (Å²) >= 11 is 0. The summed E-state index contributed by atoms with van der Waals surface area (Å²) < 4.78 is 1.93. The lowest BCUT2D eigenvalue weighted by Crippen LogP contribution is -2.19. The summed E-state index contributed by atoms with van der Waals surface area (Å²) in [6.45, 7) is 3.01. The normalized spacial score (nSPS) is 17.8. The number of rotatable bonds is 2. The molecule has 0 radical (unpaired) electrons. The van der Waals surface area contributed by atoms with E-state index in [2.05, 4.69) is 5.10 Å². The SMILES string of the molecule is Cc1cnn(CC2CCC2)c1N. The highest BCUT2D eigenvalue weighted by Gasteiger charge is 2.19. The van der Waals surface area contributed by atoms with Gasteiger partial charge in [-0.3, -0.25) is 0 Å². The molecule has 1 aliphatic carbocycles. The highest BCUT2D eigenvalue weighted by molar-refractivity contribution is 5.36. The predicted molar refractivity (Wildman–Crippen MR) is 48.7 cm³/mol. The maximum Gasteiger partial charge on any atom is 0.124 e. The summed E-state index contributed by atoms with van der Waals surface area (Å²) in [5.74, 6) is 1.66. The van der Waals surface area contributed by atoms with E-state index in [1.807, 2.05) is 17.8 Å². The van der Waals surface area contributed by atoms with Crippen LogP contribution >= 0.6 is 0 Å². The Kier molecular flexibility index (Phi) is 1.79. The van der Waals surface area contributed by atoms with Crippen LogP contribution in [0.2, 0.25) is 0 Å². The lowest BCUT2D eigenvalue weighted by Gasteiger charge is -2.25. The van der Waals surface area contributed by atoms with Gasteiger partial charge in [-0.15, -0.1) is 0 Å². The Morgan fingerprint density at radius 2 is 2.42 bits per heavy atom. The lowest BCUT2D eigenvalue weighted by atomic mass is 9.85. The zero-order valence-electron chi connectivity index (χ0n) is 7.45. The number of aryl methyl sites for hydroxylation is 1. The molecule has 2 N–H and O–H groups in total. The van der Waals surface area contributed by atoms with E-state index in [0.29, 0.717) is 0 Å². The Bertz CT molecular complexity index is 273. The van der Waals surface area contributed by atoms with Gasteiger partial charge in [-0.2, -0.15) is 5.10 Å². The van der Waals surface area contributed by atoms with Gasteiger partial charge in [-0.05, 0) is 25.7 Å². The van der Waals surface area contributed by atoms with Crippen molar-refractivity contribution in [2.75, 3.05) is 5.73 Å². The molecule has 0 aromatic carbocycles. The van der Waals surface area contributed by atoms with E-state index in [4.69, 9.17) is 5.73 Å². The Hall–Kier alpha value is -0.990. The van der Waals surface area contributed by atoms with E-state index in [1.54, 1.807) is 0 Å². The molecule has 0 amide bonds. The lowest BCUT2D eigenvalue weighted by molar-refractivity contribution is 0.268. The highest BCUT2D eigenvalue weighted by Crippen LogP contribution is 2.28. The monoisotopic (exact) mass is 165 g/mol. The van der Waals surface area contributed by atoms with Gasteiger partial charge in [0.15, 0.2) is 0 Å². The molecule has 0 atom stereocenters. The standard InChI is InChI=1S/C9H15N3/c1-7-5-11-12(9(7)10)6-8-3-2-4-8/h5,8H,2-4,6,10H2,1H3. The molecule has 66 valence electrons. The van der Waals surface area contributed by atoms with Crippen LogP contribution in [0.15, 0.2) is 6.20 Å². The van der Waals surface area contributed by atoms with Crippen molar-refractivity contribution in [3.05, 3.63) is 11.8 Å². The van der Waals surface area contributed by atoms with Gasteiger partial charge in [-0.25, -0.2) is 4.68 Å². The number of nitrogens with two attached hydrogens (primary N) is 1. The van der Waals surface area contributed by atoms with Crippen LogP contribution < -0.4 is 5.73 Å². The molecular weight excluding hydrogens is 150 g/mol. The smallest absolute Gasteiger partial charge is 0.124 e. The van der Waals surface area contributed by atoms with E-state index in [9.17, 15) is 0 Å². The molecule has 0 saturated heterocycles. The number of aromatic nitrogens is 2. The van der Waals surface area contributed by atoms with Crippen molar-refractivity contribution in [3.8, 4) is 0 Å². The van der Waals surface area contributed by atoms with Gasteiger partial charge in [-0.1, -0.05) is 6.42 Å². The fourth-order valence-electron chi connectivity index (χ4n) is 1.55. The average Bonchev–Trinajstić information content (AvgIpc) is 2.27. The minimum atomic E-state index is 0.826. The van der Waals surface area contributed by atoms with Crippen molar-refractivity contribution in [2.45, 2.75) is 32.7 Å². The zero-order chi connectivity index (χ0) is 8.55. The van der Waals surface area contributed by atoms with Gasteiger partial charge in [0.1, 0.15) is 5.82 Å². The van der Waals surface area contributed by atoms with Crippen LogP contribution in [0.5, 0.6) is 0 Å². The maximum atomic E-state index is 5.83.